The third-order valence-electron chi connectivity index (χ3n) is 2.05. The number of anilines is 1. The number of hydrogen-bond acceptors (Lipinski definition) is 4. The highest BCUT2D eigenvalue weighted by atomic mass is 16.3. The smallest absolute Gasteiger partial charge is 0.198 e. The van der Waals surface area contributed by atoms with Crippen LogP contribution in [-0.2, 0) is 0 Å². The fourth-order valence-corrected chi connectivity index (χ4v) is 1.24. The van der Waals surface area contributed by atoms with Crippen LogP contribution in [0.25, 0.3) is 11.1 Å². The first kappa shape index (κ1) is 8.87. The number of oxazole rings is 1. The number of hydrogen-bond donors (Lipinski definition) is 2. The van der Waals surface area contributed by atoms with Gasteiger partial charge in [-0.05, 0) is 0 Å². The normalized spacial score (nSPS) is 11.4. The average Bonchev–Trinajstić information content (AvgIpc) is 2.48. The first-order valence-electron chi connectivity index (χ1n) is 4.47. The number of aromatic nitrogens is 1. The highest BCUT2D eigenvalue weighted by molar-refractivity contribution is 5.80. The van der Waals surface area contributed by atoms with Gasteiger partial charge in [0.15, 0.2) is 11.5 Å². The fourth-order valence-electron chi connectivity index (χ4n) is 1.24. The molecule has 4 heteroatoms. The average molecular weight is 192 g/mol. The van der Waals surface area contributed by atoms with Gasteiger partial charge in [-0.15, -0.1) is 0 Å². The van der Waals surface area contributed by atoms with Gasteiger partial charge in [0.25, 0.3) is 0 Å². The molecule has 0 spiro atoms. The summed E-state index contributed by atoms with van der Waals surface area (Å²) in [6.07, 6.45) is 0. The SMILES string of the molecule is CC(C)c1nc2cc(O)c(N)cc2o1. The first-order chi connectivity index (χ1) is 6.58. The number of benzene rings is 1. The van der Waals surface area contributed by atoms with Crippen LogP contribution in [0.1, 0.15) is 25.7 Å². The molecule has 0 saturated heterocycles. The number of fused-ring (bicyclic) bond motifs is 1. The molecule has 1 aromatic heterocycles. The lowest BCUT2D eigenvalue weighted by atomic mass is 10.2. The van der Waals surface area contributed by atoms with Gasteiger partial charge in [0.05, 0.1) is 5.69 Å². The van der Waals surface area contributed by atoms with Gasteiger partial charge in [0.1, 0.15) is 11.3 Å². The van der Waals surface area contributed by atoms with Gasteiger partial charge in [-0.3, -0.25) is 0 Å². The highest BCUT2D eigenvalue weighted by Crippen LogP contribution is 2.28. The number of rotatable bonds is 1. The minimum Gasteiger partial charge on any atom is -0.506 e. The molecule has 0 unspecified atom stereocenters. The van der Waals surface area contributed by atoms with Crippen molar-refractivity contribution in [3.05, 3.63) is 18.0 Å². The first-order valence-corrected chi connectivity index (χ1v) is 4.47. The second-order valence-electron chi connectivity index (χ2n) is 3.59. The number of phenolic OH excluding ortho intramolecular Hbond substituents is 1. The molecular formula is C10H12N2O2. The topological polar surface area (TPSA) is 72.3 Å². The third kappa shape index (κ3) is 1.28. The quantitative estimate of drug-likeness (QED) is 0.536. The predicted molar refractivity (Wildman–Crippen MR) is 54.2 cm³/mol. The van der Waals surface area contributed by atoms with Gasteiger partial charge in [-0.25, -0.2) is 4.98 Å². The largest absolute Gasteiger partial charge is 0.506 e. The second kappa shape index (κ2) is 2.90. The van der Waals surface area contributed by atoms with E-state index in [2.05, 4.69) is 4.98 Å². The summed E-state index contributed by atoms with van der Waals surface area (Å²) in [5.74, 6) is 0.928. The maximum atomic E-state index is 9.36. The summed E-state index contributed by atoms with van der Waals surface area (Å²) in [7, 11) is 0. The zero-order valence-corrected chi connectivity index (χ0v) is 8.11. The van der Waals surface area contributed by atoms with E-state index in [-0.39, 0.29) is 11.7 Å². The minimum absolute atomic E-state index is 0.0427. The van der Waals surface area contributed by atoms with E-state index in [1.807, 2.05) is 13.8 Å². The summed E-state index contributed by atoms with van der Waals surface area (Å²) in [4.78, 5) is 4.23. The molecule has 3 N–H and O–H groups in total. The minimum atomic E-state index is 0.0427. The van der Waals surface area contributed by atoms with E-state index in [0.717, 1.165) is 0 Å². The van der Waals surface area contributed by atoms with Gasteiger partial charge < -0.3 is 15.3 Å². The van der Waals surface area contributed by atoms with Crippen LogP contribution in [0.4, 0.5) is 5.69 Å². The van der Waals surface area contributed by atoms with Crippen LogP contribution < -0.4 is 5.73 Å². The fraction of sp³-hybridized carbons (Fsp3) is 0.300. The third-order valence-corrected chi connectivity index (χ3v) is 2.05. The standard InChI is InChI=1S/C10H12N2O2/c1-5(2)10-12-7-4-8(13)6(11)3-9(7)14-10/h3-5,13H,11H2,1-2H3. The van der Waals surface area contributed by atoms with Crippen molar-refractivity contribution in [2.45, 2.75) is 19.8 Å². The van der Waals surface area contributed by atoms with E-state index in [1.165, 1.54) is 6.07 Å². The van der Waals surface area contributed by atoms with Crippen molar-refractivity contribution in [1.82, 2.24) is 4.98 Å². The number of nitrogens with zero attached hydrogens (tertiary/aromatic N) is 1. The molecule has 2 rings (SSSR count). The molecule has 14 heavy (non-hydrogen) atoms. The van der Waals surface area contributed by atoms with Crippen LogP contribution >= 0.6 is 0 Å². The summed E-state index contributed by atoms with van der Waals surface area (Å²) >= 11 is 0. The van der Waals surface area contributed by atoms with Gasteiger partial charge in [-0.2, -0.15) is 0 Å². The Balaban J connectivity index is 2.66. The maximum Gasteiger partial charge on any atom is 0.198 e. The van der Waals surface area contributed by atoms with E-state index in [0.29, 0.717) is 22.7 Å². The maximum absolute atomic E-state index is 9.36. The van der Waals surface area contributed by atoms with Gasteiger partial charge in [-0.1, -0.05) is 13.8 Å². The Morgan fingerprint density at radius 3 is 2.79 bits per heavy atom. The lowest BCUT2D eigenvalue weighted by Gasteiger charge is -1.95. The Hall–Kier alpha value is -1.71. The predicted octanol–water partition coefficient (Wildman–Crippen LogP) is 2.24. The van der Waals surface area contributed by atoms with Crippen molar-refractivity contribution in [3.63, 3.8) is 0 Å². The van der Waals surface area contributed by atoms with Gasteiger partial charge in [0, 0.05) is 18.1 Å². The number of nitrogen functional groups attached to an aromatic ring is 1. The Morgan fingerprint density at radius 2 is 2.14 bits per heavy atom. The van der Waals surface area contributed by atoms with E-state index in [1.54, 1.807) is 6.07 Å². The lowest BCUT2D eigenvalue weighted by Crippen LogP contribution is -1.85. The molecule has 0 aliphatic heterocycles. The van der Waals surface area contributed by atoms with E-state index in [9.17, 15) is 5.11 Å². The van der Waals surface area contributed by atoms with Gasteiger partial charge in [0.2, 0.25) is 0 Å². The molecule has 74 valence electrons. The Morgan fingerprint density at radius 1 is 1.43 bits per heavy atom. The Labute approximate surface area is 81.4 Å². The van der Waals surface area contributed by atoms with E-state index in [4.69, 9.17) is 10.2 Å². The van der Waals surface area contributed by atoms with Crippen molar-refractivity contribution < 1.29 is 9.52 Å². The molecular weight excluding hydrogens is 180 g/mol. The van der Waals surface area contributed by atoms with Crippen molar-refractivity contribution in [2.75, 3.05) is 5.73 Å². The van der Waals surface area contributed by atoms with Crippen LogP contribution in [0.15, 0.2) is 16.5 Å². The molecule has 0 amide bonds. The lowest BCUT2D eigenvalue weighted by molar-refractivity contribution is 0.478. The molecule has 0 aliphatic rings. The Bertz CT molecular complexity index is 435. The van der Waals surface area contributed by atoms with Crippen LogP contribution in [0.5, 0.6) is 5.75 Å². The van der Waals surface area contributed by atoms with Crippen LogP contribution in [0.3, 0.4) is 0 Å². The van der Waals surface area contributed by atoms with Crippen LogP contribution in [0.2, 0.25) is 0 Å². The molecule has 0 fully saturated rings. The van der Waals surface area contributed by atoms with E-state index >= 15 is 0 Å². The molecule has 0 radical (unpaired) electrons. The van der Waals surface area contributed by atoms with Gasteiger partial charge >= 0.3 is 0 Å². The monoisotopic (exact) mass is 192 g/mol. The molecule has 1 aromatic carbocycles. The van der Waals surface area contributed by atoms with Crippen molar-refractivity contribution in [1.29, 1.82) is 0 Å². The van der Waals surface area contributed by atoms with Crippen molar-refractivity contribution in [3.8, 4) is 5.75 Å². The number of aromatic hydroxyl groups is 1. The molecule has 4 nitrogen and oxygen atoms in total. The summed E-state index contributed by atoms with van der Waals surface area (Å²) in [6, 6.07) is 3.10. The summed E-state index contributed by atoms with van der Waals surface area (Å²) < 4.78 is 5.46. The number of phenols is 1. The summed E-state index contributed by atoms with van der Waals surface area (Å²) in [5, 5.41) is 9.36. The van der Waals surface area contributed by atoms with Crippen molar-refractivity contribution in [2.24, 2.45) is 0 Å². The zero-order valence-electron chi connectivity index (χ0n) is 8.11. The molecule has 0 atom stereocenters. The summed E-state index contributed by atoms with van der Waals surface area (Å²) in [5.41, 5.74) is 7.10. The molecule has 2 aromatic rings. The number of nitrogens with two attached hydrogens (primary N) is 1. The van der Waals surface area contributed by atoms with Crippen LogP contribution in [0, 0.1) is 0 Å². The second-order valence-corrected chi connectivity index (χ2v) is 3.59. The molecule has 0 aliphatic carbocycles. The molecule has 0 bridgehead atoms. The summed E-state index contributed by atoms with van der Waals surface area (Å²) in [6.45, 7) is 3.99. The van der Waals surface area contributed by atoms with E-state index < -0.39 is 0 Å². The molecule has 1 heterocycles. The van der Waals surface area contributed by atoms with Crippen LogP contribution in [-0.4, -0.2) is 10.1 Å². The Kier molecular flexibility index (Phi) is 1.84. The van der Waals surface area contributed by atoms with Crippen molar-refractivity contribution >= 4 is 16.8 Å². The highest BCUT2D eigenvalue weighted by Gasteiger charge is 2.11. The molecule has 0 saturated carbocycles. The zero-order chi connectivity index (χ0) is 10.3.